The van der Waals surface area contributed by atoms with E-state index in [0.717, 1.165) is 28.1 Å². The molecule has 0 amide bonds. The molecule has 2 aromatic carbocycles. The van der Waals surface area contributed by atoms with Gasteiger partial charge in [0.25, 0.3) is 0 Å². The van der Waals surface area contributed by atoms with Gasteiger partial charge in [0.2, 0.25) is 0 Å². The molecule has 0 bridgehead atoms. The number of allylic oxidation sites excluding steroid dienone is 1. The summed E-state index contributed by atoms with van der Waals surface area (Å²) >= 11 is 0. The quantitative estimate of drug-likeness (QED) is 0.517. The molecule has 126 valence electrons. The summed E-state index contributed by atoms with van der Waals surface area (Å²) in [6, 6.07) is 18.9. The van der Waals surface area contributed by atoms with E-state index >= 15 is 0 Å². The summed E-state index contributed by atoms with van der Waals surface area (Å²) in [6.07, 6.45) is 4.12. The zero-order chi connectivity index (χ0) is 17.8. The van der Waals surface area contributed by atoms with Gasteiger partial charge in [0.05, 0.1) is 11.4 Å². The molecule has 3 rings (SSSR count). The van der Waals surface area contributed by atoms with E-state index in [4.69, 9.17) is 4.98 Å². The molecule has 0 atom stereocenters. The highest BCUT2D eigenvalue weighted by atomic mass is 19.1. The summed E-state index contributed by atoms with van der Waals surface area (Å²) in [5, 5.41) is 0. The minimum absolute atomic E-state index is 0.236. The maximum absolute atomic E-state index is 13.4. The van der Waals surface area contributed by atoms with Crippen molar-refractivity contribution in [2.45, 2.75) is 26.7 Å². The van der Waals surface area contributed by atoms with E-state index in [-0.39, 0.29) is 5.82 Å². The number of rotatable bonds is 4. The number of nitrogens with zero attached hydrogens (tertiary/aromatic N) is 1. The Morgan fingerprint density at radius 1 is 0.920 bits per heavy atom. The normalized spacial score (nSPS) is 11.4. The molecular formula is C23H22FN. The average molecular weight is 331 g/mol. The molecule has 2 heteroatoms. The van der Waals surface area contributed by atoms with Gasteiger partial charge in [0, 0.05) is 16.7 Å². The van der Waals surface area contributed by atoms with Gasteiger partial charge in [-0.2, -0.15) is 0 Å². The Morgan fingerprint density at radius 2 is 1.60 bits per heavy atom. The maximum Gasteiger partial charge on any atom is 0.123 e. The number of hydrogen-bond donors (Lipinski definition) is 0. The summed E-state index contributed by atoms with van der Waals surface area (Å²) in [4.78, 5) is 4.93. The van der Waals surface area contributed by atoms with Crippen LogP contribution in [-0.4, -0.2) is 4.98 Å². The zero-order valence-electron chi connectivity index (χ0n) is 14.8. The third-order valence-electron chi connectivity index (χ3n) is 4.23. The van der Waals surface area contributed by atoms with Gasteiger partial charge in [0.15, 0.2) is 0 Å². The lowest BCUT2D eigenvalue weighted by Crippen LogP contribution is -2.00. The number of aromatic nitrogens is 1. The molecule has 1 heterocycles. The summed E-state index contributed by atoms with van der Waals surface area (Å²) < 4.78 is 13.4. The SMILES string of the molecule is CC=Cc1c(C(C)C)cc(-c2ccccc2)nc1-c1ccc(F)cc1. The Hall–Kier alpha value is -2.74. The van der Waals surface area contributed by atoms with Crippen molar-refractivity contribution in [3.63, 3.8) is 0 Å². The second-order valence-corrected chi connectivity index (χ2v) is 6.39. The van der Waals surface area contributed by atoms with Gasteiger partial charge in [-0.3, -0.25) is 0 Å². The molecule has 0 radical (unpaired) electrons. The van der Waals surface area contributed by atoms with E-state index in [0.29, 0.717) is 5.92 Å². The average Bonchev–Trinajstić information content (AvgIpc) is 2.63. The molecular weight excluding hydrogens is 309 g/mol. The van der Waals surface area contributed by atoms with Crippen molar-refractivity contribution in [3.8, 4) is 22.5 Å². The van der Waals surface area contributed by atoms with Crippen LogP contribution in [-0.2, 0) is 0 Å². The van der Waals surface area contributed by atoms with E-state index in [1.165, 1.54) is 17.7 Å². The van der Waals surface area contributed by atoms with Gasteiger partial charge >= 0.3 is 0 Å². The van der Waals surface area contributed by atoms with Crippen LogP contribution < -0.4 is 0 Å². The summed E-state index contributed by atoms with van der Waals surface area (Å²) in [5.74, 6) is 0.121. The first-order valence-corrected chi connectivity index (χ1v) is 8.59. The molecule has 25 heavy (non-hydrogen) atoms. The van der Waals surface area contributed by atoms with Crippen LogP contribution in [0, 0.1) is 5.82 Å². The standard InChI is InChI=1S/C23H22FN/c1-4-8-20-21(16(2)3)15-22(17-9-6-5-7-10-17)25-23(20)18-11-13-19(24)14-12-18/h4-16H,1-3H3. The van der Waals surface area contributed by atoms with Crippen LogP contribution in [0.4, 0.5) is 4.39 Å². The van der Waals surface area contributed by atoms with Crippen molar-refractivity contribution >= 4 is 6.08 Å². The predicted molar refractivity (Wildman–Crippen MR) is 104 cm³/mol. The van der Waals surface area contributed by atoms with Gasteiger partial charge < -0.3 is 0 Å². The van der Waals surface area contributed by atoms with Crippen LogP contribution in [0.3, 0.4) is 0 Å². The molecule has 0 N–H and O–H groups in total. The van der Waals surface area contributed by atoms with Gasteiger partial charge in [-0.25, -0.2) is 9.37 Å². The second kappa shape index (κ2) is 7.43. The minimum atomic E-state index is -0.236. The molecule has 3 aromatic rings. The fourth-order valence-electron chi connectivity index (χ4n) is 2.98. The van der Waals surface area contributed by atoms with Crippen LogP contribution >= 0.6 is 0 Å². The first kappa shape index (κ1) is 17.1. The molecule has 0 saturated carbocycles. The fourth-order valence-corrected chi connectivity index (χ4v) is 2.98. The van der Waals surface area contributed by atoms with E-state index < -0.39 is 0 Å². The van der Waals surface area contributed by atoms with Gasteiger partial charge in [-0.15, -0.1) is 0 Å². The molecule has 1 nitrogen and oxygen atoms in total. The van der Waals surface area contributed by atoms with Crippen molar-refractivity contribution in [2.24, 2.45) is 0 Å². The van der Waals surface area contributed by atoms with Crippen molar-refractivity contribution in [2.75, 3.05) is 0 Å². The van der Waals surface area contributed by atoms with Crippen LogP contribution in [0.25, 0.3) is 28.6 Å². The third kappa shape index (κ3) is 3.69. The maximum atomic E-state index is 13.4. The monoisotopic (exact) mass is 331 g/mol. The van der Waals surface area contributed by atoms with Crippen molar-refractivity contribution < 1.29 is 4.39 Å². The third-order valence-corrected chi connectivity index (χ3v) is 4.23. The Bertz CT molecular complexity index is 878. The van der Waals surface area contributed by atoms with Gasteiger partial charge in [-0.05, 0) is 48.7 Å². The minimum Gasteiger partial charge on any atom is -0.247 e. The highest BCUT2D eigenvalue weighted by Crippen LogP contribution is 2.33. The second-order valence-electron chi connectivity index (χ2n) is 6.39. The highest BCUT2D eigenvalue weighted by molar-refractivity contribution is 5.78. The molecule has 0 fully saturated rings. The van der Waals surface area contributed by atoms with Crippen LogP contribution in [0.1, 0.15) is 37.8 Å². The van der Waals surface area contributed by atoms with Crippen molar-refractivity contribution in [1.29, 1.82) is 0 Å². The topological polar surface area (TPSA) is 12.9 Å². The lowest BCUT2D eigenvalue weighted by molar-refractivity contribution is 0.628. The predicted octanol–water partition coefficient (Wildman–Crippen LogP) is 6.71. The van der Waals surface area contributed by atoms with E-state index in [1.54, 1.807) is 12.1 Å². The van der Waals surface area contributed by atoms with Gasteiger partial charge in [-0.1, -0.05) is 56.3 Å². The Labute approximate surface area is 148 Å². The Kier molecular flexibility index (Phi) is 5.08. The molecule has 1 aromatic heterocycles. The number of hydrogen-bond acceptors (Lipinski definition) is 1. The summed E-state index contributed by atoms with van der Waals surface area (Å²) in [7, 11) is 0. The first-order chi connectivity index (χ1) is 12.1. The molecule has 0 spiro atoms. The smallest absolute Gasteiger partial charge is 0.123 e. The lowest BCUT2D eigenvalue weighted by Gasteiger charge is -2.17. The fraction of sp³-hybridized carbons (Fsp3) is 0.174. The van der Waals surface area contributed by atoms with Crippen molar-refractivity contribution in [1.82, 2.24) is 4.98 Å². The largest absolute Gasteiger partial charge is 0.247 e. The lowest BCUT2D eigenvalue weighted by atomic mass is 9.91. The van der Waals surface area contributed by atoms with E-state index in [1.807, 2.05) is 31.2 Å². The van der Waals surface area contributed by atoms with Crippen LogP contribution in [0.2, 0.25) is 0 Å². The zero-order valence-corrected chi connectivity index (χ0v) is 14.8. The van der Waals surface area contributed by atoms with Crippen molar-refractivity contribution in [3.05, 3.63) is 83.7 Å². The molecule has 0 unspecified atom stereocenters. The summed E-state index contributed by atoms with van der Waals surface area (Å²) in [5.41, 5.74) is 6.18. The first-order valence-electron chi connectivity index (χ1n) is 8.59. The molecule has 0 saturated heterocycles. The molecule has 0 aliphatic rings. The molecule has 0 aliphatic carbocycles. The van der Waals surface area contributed by atoms with Gasteiger partial charge in [0.1, 0.15) is 5.82 Å². The van der Waals surface area contributed by atoms with Crippen LogP contribution in [0.15, 0.2) is 66.7 Å². The summed E-state index contributed by atoms with van der Waals surface area (Å²) in [6.45, 7) is 6.38. The van der Waals surface area contributed by atoms with E-state index in [9.17, 15) is 4.39 Å². The molecule has 0 aliphatic heterocycles. The Balaban J connectivity index is 2.29. The van der Waals surface area contributed by atoms with Crippen LogP contribution in [0.5, 0.6) is 0 Å². The highest BCUT2D eigenvalue weighted by Gasteiger charge is 2.15. The van der Waals surface area contributed by atoms with E-state index in [2.05, 4.69) is 38.1 Å². The number of halogens is 1. The number of pyridine rings is 1. The Morgan fingerprint density at radius 3 is 2.20 bits per heavy atom. The number of benzene rings is 2.